The molecule has 0 fully saturated rings. The van der Waals surface area contributed by atoms with Gasteiger partial charge in [0.15, 0.2) is 0 Å². The summed E-state index contributed by atoms with van der Waals surface area (Å²) in [4.78, 5) is 26.2. The Morgan fingerprint density at radius 3 is 2.57 bits per heavy atom. The molecule has 7 heteroatoms. The number of benzene rings is 1. The molecule has 1 aromatic rings. The highest BCUT2D eigenvalue weighted by Gasteiger charge is 2.35. The fourth-order valence-corrected chi connectivity index (χ4v) is 2.93. The number of nitrogens with zero attached hydrogens (tertiary/aromatic N) is 1. The summed E-state index contributed by atoms with van der Waals surface area (Å²) in [6, 6.07) is 2.84. The van der Waals surface area contributed by atoms with Crippen LogP contribution in [0.25, 0.3) is 0 Å². The van der Waals surface area contributed by atoms with Crippen molar-refractivity contribution in [2.24, 2.45) is 0 Å². The van der Waals surface area contributed by atoms with E-state index in [4.69, 9.17) is 11.6 Å². The van der Waals surface area contributed by atoms with Crippen molar-refractivity contribution >= 4 is 23.5 Å². The van der Waals surface area contributed by atoms with Crippen molar-refractivity contribution in [1.29, 1.82) is 0 Å². The predicted octanol–water partition coefficient (Wildman–Crippen LogP) is 2.98. The molecule has 0 bridgehead atoms. The number of urea groups is 1. The van der Waals surface area contributed by atoms with Crippen LogP contribution in [0.2, 0.25) is 5.02 Å². The van der Waals surface area contributed by atoms with Crippen LogP contribution < -0.4 is 10.6 Å². The van der Waals surface area contributed by atoms with Crippen LogP contribution in [-0.2, 0) is 4.79 Å². The zero-order chi connectivity index (χ0) is 17.1. The first-order valence-electron chi connectivity index (χ1n) is 7.42. The first-order valence-corrected chi connectivity index (χ1v) is 7.79. The average molecular weight is 340 g/mol. The van der Waals surface area contributed by atoms with Gasteiger partial charge in [0, 0.05) is 29.4 Å². The Bertz CT molecular complexity index is 651. The van der Waals surface area contributed by atoms with Gasteiger partial charge in [-0.25, -0.2) is 9.18 Å². The minimum absolute atomic E-state index is 0.0962. The number of hydrogen-bond acceptors (Lipinski definition) is 2. The van der Waals surface area contributed by atoms with Gasteiger partial charge in [-0.3, -0.25) is 4.79 Å². The number of halogens is 2. The van der Waals surface area contributed by atoms with Crippen molar-refractivity contribution in [2.75, 3.05) is 13.1 Å². The zero-order valence-electron chi connectivity index (χ0n) is 13.2. The minimum Gasteiger partial charge on any atom is -0.339 e. The molecule has 124 valence electrons. The molecule has 5 nitrogen and oxygen atoms in total. The maximum atomic E-state index is 14.3. The SMILES string of the molecule is CCN(CC)C(=O)C1=C(C)NC(=O)N[C@H]1c1c(F)cccc1Cl. The van der Waals surface area contributed by atoms with E-state index in [-0.39, 0.29) is 16.5 Å². The van der Waals surface area contributed by atoms with Crippen LogP contribution in [0.4, 0.5) is 9.18 Å². The van der Waals surface area contributed by atoms with Crippen molar-refractivity contribution in [3.05, 3.63) is 45.9 Å². The van der Waals surface area contributed by atoms with E-state index in [0.29, 0.717) is 24.4 Å². The fourth-order valence-electron chi connectivity index (χ4n) is 2.66. The summed E-state index contributed by atoms with van der Waals surface area (Å²) >= 11 is 6.12. The summed E-state index contributed by atoms with van der Waals surface area (Å²) in [6.07, 6.45) is 0. The van der Waals surface area contributed by atoms with Gasteiger partial charge in [-0.2, -0.15) is 0 Å². The van der Waals surface area contributed by atoms with Gasteiger partial charge in [-0.05, 0) is 32.9 Å². The Balaban J connectivity index is 2.57. The molecule has 1 aliphatic rings. The van der Waals surface area contributed by atoms with E-state index in [2.05, 4.69) is 10.6 Å². The highest BCUT2D eigenvalue weighted by Crippen LogP contribution is 2.34. The summed E-state index contributed by atoms with van der Waals surface area (Å²) < 4.78 is 14.3. The standard InChI is InChI=1S/C16H19ClFN3O2/c1-4-21(5-2)15(22)12-9(3)19-16(23)20-14(12)13-10(17)7-6-8-11(13)18/h6-8,14H,4-5H2,1-3H3,(H2,19,20,23)/t14-/m1/s1. The van der Waals surface area contributed by atoms with Gasteiger partial charge in [-0.15, -0.1) is 0 Å². The Labute approximate surface area is 139 Å². The van der Waals surface area contributed by atoms with Crippen molar-refractivity contribution in [3.8, 4) is 0 Å². The van der Waals surface area contributed by atoms with Gasteiger partial charge in [0.25, 0.3) is 5.91 Å². The molecular formula is C16H19ClFN3O2. The quantitative estimate of drug-likeness (QED) is 0.886. The van der Waals surface area contributed by atoms with Gasteiger partial charge in [-0.1, -0.05) is 17.7 Å². The largest absolute Gasteiger partial charge is 0.339 e. The molecule has 0 unspecified atom stereocenters. The molecule has 2 N–H and O–H groups in total. The topological polar surface area (TPSA) is 61.4 Å². The normalized spacial score (nSPS) is 17.6. The number of carbonyl (C=O) groups is 2. The minimum atomic E-state index is -0.925. The number of hydrogen-bond donors (Lipinski definition) is 2. The van der Waals surface area contributed by atoms with E-state index < -0.39 is 17.9 Å². The summed E-state index contributed by atoms with van der Waals surface area (Å²) in [5.41, 5.74) is 0.786. The molecule has 0 radical (unpaired) electrons. The van der Waals surface area contributed by atoms with Gasteiger partial charge in [0.2, 0.25) is 0 Å². The predicted molar refractivity (Wildman–Crippen MR) is 86.4 cm³/mol. The fraction of sp³-hybridized carbons (Fsp3) is 0.375. The molecule has 1 atom stereocenters. The van der Waals surface area contributed by atoms with Crippen LogP contribution in [0.3, 0.4) is 0 Å². The lowest BCUT2D eigenvalue weighted by Gasteiger charge is -2.32. The van der Waals surface area contributed by atoms with Crippen LogP contribution in [-0.4, -0.2) is 29.9 Å². The first-order chi connectivity index (χ1) is 10.9. The van der Waals surface area contributed by atoms with Crippen molar-refractivity contribution in [2.45, 2.75) is 26.8 Å². The molecule has 1 aromatic carbocycles. The maximum absolute atomic E-state index is 14.3. The smallest absolute Gasteiger partial charge is 0.319 e. The van der Waals surface area contributed by atoms with E-state index in [1.807, 2.05) is 13.8 Å². The molecule has 1 aliphatic heterocycles. The van der Waals surface area contributed by atoms with Gasteiger partial charge < -0.3 is 15.5 Å². The van der Waals surface area contributed by atoms with Crippen LogP contribution in [0.1, 0.15) is 32.4 Å². The van der Waals surface area contributed by atoms with Crippen LogP contribution in [0.5, 0.6) is 0 Å². The molecule has 0 aliphatic carbocycles. The molecule has 0 saturated heterocycles. The Morgan fingerprint density at radius 2 is 2.00 bits per heavy atom. The van der Waals surface area contributed by atoms with Crippen LogP contribution >= 0.6 is 11.6 Å². The lowest BCUT2D eigenvalue weighted by atomic mass is 9.94. The number of amides is 3. The monoisotopic (exact) mass is 339 g/mol. The highest BCUT2D eigenvalue weighted by molar-refractivity contribution is 6.31. The number of allylic oxidation sites excluding steroid dienone is 1. The number of likely N-dealkylation sites (N-methyl/N-ethyl adjacent to an activating group) is 1. The molecular weight excluding hydrogens is 321 g/mol. The molecule has 0 spiro atoms. The summed E-state index contributed by atoms with van der Waals surface area (Å²) in [5.74, 6) is -0.827. The molecule has 0 aromatic heterocycles. The van der Waals surface area contributed by atoms with Crippen molar-refractivity contribution < 1.29 is 14.0 Å². The number of rotatable bonds is 4. The number of nitrogens with one attached hydrogen (secondary N) is 2. The third kappa shape index (κ3) is 3.32. The second-order valence-corrected chi connectivity index (χ2v) is 5.59. The van der Waals surface area contributed by atoms with E-state index >= 15 is 0 Å². The van der Waals surface area contributed by atoms with Crippen molar-refractivity contribution in [1.82, 2.24) is 15.5 Å². The Morgan fingerprint density at radius 1 is 1.35 bits per heavy atom. The third-order valence-corrected chi connectivity index (χ3v) is 4.17. The highest BCUT2D eigenvalue weighted by atomic mass is 35.5. The lowest BCUT2D eigenvalue weighted by Crippen LogP contribution is -2.48. The van der Waals surface area contributed by atoms with Gasteiger partial charge in [0.05, 0.1) is 11.6 Å². The lowest BCUT2D eigenvalue weighted by molar-refractivity contribution is -0.127. The second kappa shape index (κ2) is 7.00. The maximum Gasteiger partial charge on any atom is 0.319 e. The molecule has 2 rings (SSSR count). The average Bonchev–Trinajstić information content (AvgIpc) is 2.47. The molecule has 23 heavy (non-hydrogen) atoms. The first kappa shape index (κ1) is 17.3. The Kier molecular flexibility index (Phi) is 5.26. The Hall–Kier alpha value is -2.08. The van der Waals surface area contributed by atoms with Crippen molar-refractivity contribution in [3.63, 3.8) is 0 Å². The third-order valence-electron chi connectivity index (χ3n) is 3.84. The summed E-state index contributed by atoms with van der Waals surface area (Å²) in [6.45, 7) is 6.36. The van der Waals surface area contributed by atoms with E-state index in [0.717, 1.165) is 0 Å². The zero-order valence-corrected chi connectivity index (χ0v) is 14.0. The molecule has 3 amide bonds. The van der Waals surface area contributed by atoms with E-state index in [1.54, 1.807) is 11.8 Å². The summed E-state index contributed by atoms with van der Waals surface area (Å²) in [5, 5.41) is 5.33. The van der Waals surface area contributed by atoms with Crippen LogP contribution in [0, 0.1) is 5.82 Å². The molecule has 1 heterocycles. The van der Waals surface area contributed by atoms with E-state index in [1.165, 1.54) is 18.2 Å². The number of carbonyl (C=O) groups excluding carboxylic acids is 2. The van der Waals surface area contributed by atoms with Gasteiger partial charge in [0.1, 0.15) is 5.82 Å². The van der Waals surface area contributed by atoms with Gasteiger partial charge >= 0.3 is 6.03 Å². The molecule has 0 saturated carbocycles. The second-order valence-electron chi connectivity index (χ2n) is 5.18. The van der Waals surface area contributed by atoms with Crippen LogP contribution in [0.15, 0.2) is 29.5 Å². The summed E-state index contributed by atoms with van der Waals surface area (Å²) in [7, 11) is 0. The van der Waals surface area contributed by atoms with E-state index in [9.17, 15) is 14.0 Å².